The zero-order valence-electron chi connectivity index (χ0n) is 26.2. The highest BCUT2D eigenvalue weighted by Gasteiger charge is 2.44. The molecular formula is C34H36Cl2N6O5. The van der Waals surface area contributed by atoms with E-state index in [9.17, 15) is 9.90 Å². The van der Waals surface area contributed by atoms with Gasteiger partial charge in [0.2, 0.25) is 5.88 Å². The highest BCUT2D eigenvalue weighted by atomic mass is 35.5. The Hall–Kier alpha value is -4.42. The van der Waals surface area contributed by atoms with E-state index >= 15 is 0 Å². The third-order valence-electron chi connectivity index (χ3n) is 8.06. The Morgan fingerprint density at radius 3 is 2.32 bits per heavy atom. The molecule has 1 saturated carbocycles. The molecule has 2 unspecified atom stereocenters. The van der Waals surface area contributed by atoms with Crippen LogP contribution < -0.4 is 9.80 Å². The summed E-state index contributed by atoms with van der Waals surface area (Å²) in [6, 6.07) is 23.7. The van der Waals surface area contributed by atoms with Crippen molar-refractivity contribution in [2.45, 2.75) is 38.5 Å². The third-order valence-corrected chi connectivity index (χ3v) is 8.56. The van der Waals surface area contributed by atoms with Crippen LogP contribution in [0, 0.1) is 11.8 Å². The molecule has 0 aliphatic heterocycles. The van der Waals surface area contributed by atoms with Crippen LogP contribution in [0.2, 0.25) is 10.0 Å². The molecule has 0 radical (unpaired) electrons. The van der Waals surface area contributed by atoms with E-state index < -0.39 is 11.7 Å². The maximum Gasteiger partial charge on any atom is 0.438 e. The quantitative estimate of drug-likeness (QED) is 0.147. The lowest BCUT2D eigenvalue weighted by Gasteiger charge is -2.35. The van der Waals surface area contributed by atoms with E-state index in [0.717, 1.165) is 21.9 Å². The molecule has 0 saturated heterocycles. The van der Waals surface area contributed by atoms with Gasteiger partial charge in [-0.1, -0.05) is 60.5 Å². The second-order valence-corrected chi connectivity index (χ2v) is 12.0. The second kappa shape index (κ2) is 15.4. The number of para-hydroxylation sites is 1. The van der Waals surface area contributed by atoms with Crippen LogP contribution in [0.3, 0.4) is 0 Å². The second-order valence-electron chi connectivity index (χ2n) is 11.1. The molecule has 13 heteroatoms. The van der Waals surface area contributed by atoms with Crippen molar-refractivity contribution in [3.8, 4) is 11.6 Å². The van der Waals surface area contributed by atoms with Gasteiger partial charge in [-0.25, -0.2) is 19.1 Å². The average Bonchev–Trinajstić information content (AvgIpc) is 3.60. The summed E-state index contributed by atoms with van der Waals surface area (Å²) in [4.78, 5) is 20.9. The number of aromatic nitrogens is 5. The van der Waals surface area contributed by atoms with Gasteiger partial charge in [0.25, 0.3) is 0 Å². The number of halogens is 2. The molecule has 3 aromatic carbocycles. The van der Waals surface area contributed by atoms with Gasteiger partial charge in [-0.15, -0.1) is 5.10 Å². The van der Waals surface area contributed by atoms with Crippen LogP contribution >= 0.6 is 23.2 Å². The van der Waals surface area contributed by atoms with Crippen LogP contribution in [0.5, 0.6) is 5.88 Å². The number of anilines is 1. The molecular weight excluding hydrogens is 643 g/mol. The van der Waals surface area contributed by atoms with Gasteiger partial charge < -0.3 is 14.6 Å². The topological polar surface area (TPSA) is 117 Å². The molecule has 0 spiro atoms. The van der Waals surface area contributed by atoms with Gasteiger partial charge in [-0.3, -0.25) is 4.84 Å². The normalized spacial score (nSPS) is 14.3. The highest BCUT2D eigenvalue weighted by molar-refractivity contribution is 6.30. The van der Waals surface area contributed by atoms with Gasteiger partial charge in [0, 0.05) is 27.9 Å². The molecule has 1 N–H and O–H groups in total. The molecule has 0 bridgehead atoms. The van der Waals surface area contributed by atoms with Gasteiger partial charge in [0.15, 0.2) is 0 Å². The van der Waals surface area contributed by atoms with E-state index in [-0.39, 0.29) is 12.5 Å². The minimum absolute atomic E-state index is 0.174. The predicted octanol–water partition coefficient (Wildman–Crippen LogP) is 7.10. The zero-order chi connectivity index (χ0) is 33.4. The molecule has 47 heavy (non-hydrogen) atoms. The summed E-state index contributed by atoms with van der Waals surface area (Å²) in [5.41, 5.74) is 2.08. The van der Waals surface area contributed by atoms with Crippen molar-refractivity contribution >= 4 is 35.0 Å². The van der Waals surface area contributed by atoms with Crippen LogP contribution in [0.25, 0.3) is 5.69 Å². The largest absolute Gasteiger partial charge is 0.472 e. The Bertz CT molecular complexity index is 1730. The highest BCUT2D eigenvalue weighted by Crippen LogP contribution is 2.46. The van der Waals surface area contributed by atoms with Crippen LogP contribution in [0.1, 0.15) is 30.9 Å². The maximum absolute atomic E-state index is 11.9. The Morgan fingerprint density at radius 2 is 1.70 bits per heavy atom. The first-order valence-corrected chi connectivity index (χ1v) is 15.7. The van der Waals surface area contributed by atoms with Gasteiger partial charge in [0.1, 0.15) is 24.9 Å². The number of carbonyl (C=O) groups excluding carboxylic acids is 1. The fourth-order valence-corrected chi connectivity index (χ4v) is 5.49. The molecule has 1 amide bonds. The summed E-state index contributed by atoms with van der Waals surface area (Å²) in [5, 5.41) is 22.2. The number of aliphatic hydroxyl groups is 1. The number of nitrogens with zero attached hydrogens (tertiary/aromatic N) is 6. The summed E-state index contributed by atoms with van der Waals surface area (Å²) in [6.07, 6.45) is 6.67. The number of benzene rings is 3. The lowest BCUT2D eigenvalue weighted by Crippen LogP contribution is -2.39. The molecule has 2 aromatic heterocycles. The van der Waals surface area contributed by atoms with E-state index in [1.165, 1.54) is 33.4 Å². The minimum Gasteiger partial charge on any atom is -0.472 e. The van der Waals surface area contributed by atoms with E-state index in [4.69, 9.17) is 37.5 Å². The standard InChI is InChI=1S/C19H18ClN3O4.C15H18ClN3O/c1-25-19(24)23(26-2)17-6-4-3-5-14(17)13-27-18-11-12-22(21-18)16-9-7-15(20)8-10-16;1-11(12-2-3-12)15(20,8-19-10-17-9-18-19)13-4-6-14(16)7-5-13/h3-12H,13H2,1-2H3;4-7,9-12,20H,2-3,8H2,1H3. The van der Waals surface area contributed by atoms with Crippen LogP contribution in [0.15, 0.2) is 97.7 Å². The number of hydrogen-bond donors (Lipinski definition) is 1. The molecule has 246 valence electrons. The molecule has 6 rings (SSSR count). The number of methoxy groups -OCH3 is 1. The molecule has 5 aromatic rings. The lowest BCUT2D eigenvalue weighted by molar-refractivity contribution is -0.0442. The summed E-state index contributed by atoms with van der Waals surface area (Å²) >= 11 is 11.9. The number of hydroxylamine groups is 1. The first-order chi connectivity index (χ1) is 22.7. The maximum atomic E-state index is 11.9. The summed E-state index contributed by atoms with van der Waals surface area (Å²) < 4.78 is 13.9. The fourth-order valence-electron chi connectivity index (χ4n) is 5.24. The Labute approximate surface area is 283 Å². The Balaban J connectivity index is 0.000000193. The van der Waals surface area contributed by atoms with Gasteiger partial charge in [-0.2, -0.15) is 10.2 Å². The average molecular weight is 680 g/mol. The van der Waals surface area contributed by atoms with Gasteiger partial charge in [0.05, 0.1) is 32.1 Å². The van der Waals surface area contributed by atoms with Gasteiger partial charge in [-0.05, 0) is 72.7 Å². The van der Waals surface area contributed by atoms with Crippen molar-refractivity contribution < 1.29 is 24.2 Å². The van der Waals surface area contributed by atoms with Crippen LogP contribution in [-0.2, 0) is 28.3 Å². The summed E-state index contributed by atoms with van der Waals surface area (Å²) in [5.74, 6) is 1.20. The molecule has 1 aliphatic carbocycles. The number of hydrogen-bond acceptors (Lipinski definition) is 8. The first kappa shape index (κ1) is 33.9. The first-order valence-electron chi connectivity index (χ1n) is 15.0. The summed E-state index contributed by atoms with van der Waals surface area (Å²) in [6.45, 7) is 2.72. The van der Waals surface area contributed by atoms with Crippen molar-refractivity contribution in [2.24, 2.45) is 11.8 Å². The molecule has 1 fully saturated rings. The Kier molecular flexibility index (Phi) is 11.2. The van der Waals surface area contributed by atoms with Crippen molar-refractivity contribution in [2.75, 3.05) is 19.3 Å². The predicted molar refractivity (Wildman–Crippen MR) is 178 cm³/mol. The van der Waals surface area contributed by atoms with Crippen molar-refractivity contribution in [3.05, 3.63) is 119 Å². The summed E-state index contributed by atoms with van der Waals surface area (Å²) in [7, 11) is 2.68. The van der Waals surface area contributed by atoms with Crippen molar-refractivity contribution in [1.29, 1.82) is 0 Å². The minimum atomic E-state index is -0.945. The smallest absolute Gasteiger partial charge is 0.438 e. The van der Waals surface area contributed by atoms with E-state index in [1.807, 2.05) is 48.5 Å². The fraction of sp³-hybridized carbons (Fsp3) is 0.294. The van der Waals surface area contributed by atoms with Crippen LogP contribution in [0.4, 0.5) is 10.5 Å². The van der Waals surface area contributed by atoms with E-state index in [1.54, 1.807) is 52.2 Å². The Morgan fingerprint density at radius 1 is 1.02 bits per heavy atom. The molecule has 1 aliphatic rings. The van der Waals surface area contributed by atoms with Crippen molar-refractivity contribution in [1.82, 2.24) is 24.5 Å². The third kappa shape index (κ3) is 8.49. The zero-order valence-corrected chi connectivity index (χ0v) is 27.8. The van der Waals surface area contributed by atoms with Crippen LogP contribution in [-0.4, -0.2) is 50.0 Å². The number of rotatable bonds is 11. The number of carbonyl (C=O) groups is 1. The molecule has 11 nitrogen and oxygen atoms in total. The van der Waals surface area contributed by atoms with Crippen molar-refractivity contribution in [3.63, 3.8) is 0 Å². The monoisotopic (exact) mass is 678 g/mol. The molecule has 2 heterocycles. The molecule has 2 atom stereocenters. The lowest BCUT2D eigenvalue weighted by atomic mass is 9.79. The SMILES string of the molecule is CC(C1CC1)C(O)(Cn1cncn1)c1ccc(Cl)cc1.COC(=O)N(OC)c1ccccc1COc1ccn(-c2ccc(Cl)cc2)n1. The van der Waals surface area contributed by atoms with Gasteiger partial charge >= 0.3 is 6.09 Å². The number of amides is 1. The number of ether oxygens (including phenoxy) is 2. The van der Waals surface area contributed by atoms with E-state index in [2.05, 4.69) is 22.1 Å². The van der Waals surface area contributed by atoms with E-state index in [0.29, 0.717) is 34.1 Å².